The van der Waals surface area contributed by atoms with Gasteiger partial charge in [-0.2, -0.15) is 0 Å². The zero-order chi connectivity index (χ0) is 16.1. The maximum atomic E-state index is 12.4. The minimum absolute atomic E-state index is 0.192. The fraction of sp³-hybridized carbons (Fsp3) is 0.588. The lowest BCUT2D eigenvalue weighted by Crippen LogP contribution is -2.45. The molecule has 118 valence electrons. The van der Waals surface area contributed by atoms with Gasteiger partial charge in [0.05, 0.1) is 12.7 Å². The molecule has 0 amide bonds. The first-order chi connectivity index (χ1) is 9.77. The molecule has 0 spiro atoms. The van der Waals surface area contributed by atoms with Gasteiger partial charge in [0.25, 0.3) is 0 Å². The summed E-state index contributed by atoms with van der Waals surface area (Å²) in [4.78, 5) is 12.4. The first kappa shape index (κ1) is 17.7. The number of rotatable bonds is 6. The maximum Gasteiger partial charge on any atom is 0.317 e. The number of nitrogens with two attached hydrogens (primary N) is 1. The van der Waals surface area contributed by atoms with Gasteiger partial charge in [-0.15, -0.1) is 0 Å². The van der Waals surface area contributed by atoms with Gasteiger partial charge in [-0.25, -0.2) is 0 Å². The topological polar surface area (TPSA) is 61.5 Å². The molecule has 1 atom stereocenters. The third-order valence-electron chi connectivity index (χ3n) is 3.65. The Kier molecular flexibility index (Phi) is 5.93. The molecule has 21 heavy (non-hydrogen) atoms. The van der Waals surface area contributed by atoms with Gasteiger partial charge in [-0.3, -0.25) is 4.79 Å². The minimum atomic E-state index is -0.856. The Morgan fingerprint density at radius 3 is 2.33 bits per heavy atom. The number of carbonyl (C=O) groups is 1. The summed E-state index contributed by atoms with van der Waals surface area (Å²) in [6.07, 6.45) is 0.498. The molecule has 1 unspecified atom stereocenters. The Labute approximate surface area is 127 Å². The average Bonchev–Trinajstić information content (AvgIpc) is 2.43. The van der Waals surface area contributed by atoms with E-state index in [0.29, 0.717) is 13.0 Å². The van der Waals surface area contributed by atoms with Crippen LogP contribution in [0.25, 0.3) is 0 Å². The lowest BCUT2D eigenvalue weighted by Gasteiger charge is -2.32. The summed E-state index contributed by atoms with van der Waals surface area (Å²) in [5.41, 5.74) is 6.82. The molecule has 0 aliphatic rings. The Hall–Kier alpha value is -1.39. The van der Waals surface area contributed by atoms with E-state index in [1.807, 2.05) is 52.0 Å². The van der Waals surface area contributed by atoms with E-state index in [1.54, 1.807) is 0 Å². The average molecular weight is 293 g/mol. The van der Waals surface area contributed by atoms with Crippen molar-refractivity contribution in [2.45, 2.75) is 45.1 Å². The third kappa shape index (κ3) is 4.29. The van der Waals surface area contributed by atoms with Crippen molar-refractivity contribution in [3.05, 3.63) is 35.4 Å². The lowest BCUT2D eigenvalue weighted by molar-refractivity contribution is -0.148. The van der Waals surface area contributed by atoms with Crippen LogP contribution < -0.4 is 5.73 Å². The molecular formula is C17H27NO3. The Bertz CT molecular complexity index is 479. The summed E-state index contributed by atoms with van der Waals surface area (Å²) < 4.78 is 10.8. The first-order valence-electron chi connectivity index (χ1n) is 7.25. The van der Waals surface area contributed by atoms with Crippen molar-refractivity contribution in [2.24, 2.45) is 5.73 Å². The molecule has 0 aromatic heterocycles. The molecule has 0 aliphatic heterocycles. The van der Waals surface area contributed by atoms with Crippen molar-refractivity contribution < 1.29 is 14.3 Å². The van der Waals surface area contributed by atoms with Gasteiger partial charge < -0.3 is 15.2 Å². The van der Waals surface area contributed by atoms with Gasteiger partial charge in [-0.05, 0) is 45.2 Å². The van der Waals surface area contributed by atoms with Crippen LogP contribution in [0.15, 0.2) is 24.3 Å². The number of methoxy groups -OCH3 is 1. The maximum absolute atomic E-state index is 12.4. The van der Waals surface area contributed by atoms with Crippen molar-refractivity contribution >= 4 is 5.97 Å². The van der Waals surface area contributed by atoms with Crippen molar-refractivity contribution in [2.75, 3.05) is 20.3 Å². The quantitative estimate of drug-likeness (QED) is 0.819. The highest BCUT2D eigenvalue weighted by Gasteiger charge is 2.41. The predicted molar refractivity (Wildman–Crippen MR) is 84.2 cm³/mol. The number of esters is 1. The molecule has 4 nitrogen and oxygen atoms in total. The number of benzene rings is 1. The van der Waals surface area contributed by atoms with E-state index in [4.69, 9.17) is 15.2 Å². The Morgan fingerprint density at radius 2 is 1.86 bits per heavy atom. The molecule has 0 saturated heterocycles. The lowest BCUT2D eigenvalue weighted by atomic mass is 9.76. The standard InChI is InChI=1S/C17H27NO3/c1-13-8-6-7-9-14(13)17(12-18,15(19)20-5)10-11-21-16(2,3)4/h6-9H,10-12,18H2,1-5H3. The summed E-state index contributed by atoms with van der Waals surface area (Å²) in [5, 5.41) is 0. The van der Waals surface area contributed by atoms with Gasteiger partial charge in [0, 0.05) is 13.2 Å². The summed E-state index contributed by atoms with van der Waals surface area (Å²) in [5.74, 6) is -0.309. The van der Waals surface area contributed by atoms with E-state index in [9.17, 15) is 4.79 Å². The van der Waals surface area contributed by atoms with Crippen molar-refractivity contribution in [1.29, 1.82) is 0 Å². The van der Waals surface area contributed by atoms with Crippen LogP contribution in [0.3, 0.4) is 0 Å². The van der Waals surface area contributed by atoms with Gasteiger partial charge in [0.15, 0.2) is 0 Å². The fourth-order valence-corrected chi connectivity index (χ4v) is 2.48. The van der Waals surface area contributed by atoms with Gasteiger partial charge in [-0.1, -0.05) is 24.3 Å². The second-order valence-electron chi connectivity index (χ2n) is 6.30. The molecule has 0 radical (unpaired) electrons. The highest BCUT2D eigenvalue weighted by Crippen LogP contribution is 2.31. The summed E-state index contributed by atoms with van der Waals surface area (Å²) >= 11 is 0. The van der Waals surface area contributed by atoms with E-state index in [0.717, 1.165) is 11.1 Å². The fourth-order valence-electron chi connectivity index (χ4n) is 2.48. The van der Waals surface area contributed by atoms with Crippen molar-refractivity contribution in [3.8, 4) is 0 Å². The number of ether oxygens (including phenoxy) is 2. The van der Waals surface area contributed by atoms with Crippen LogP contribution in [0.4, 0.5) is 0 Å². The van der Waals surface area contributed by atoms with E-state index >= 15 is 0 Å². The molecule has 0 aliphatic carbocycles. The normalized spacial score (nSPS) is 14.6. The van der Waals surface area contributed by atoms with Gasteiger partial charge in [0.2, 0.25) is 0 Å². The largest absolute Gasteiger partial charge is 0.468 e. The molecule has 0 heterocycles. The Morgan fingerprint density at radius 1 is 1.24 bits per heavy atom. The van der Waals surface area contributed by atoms with E-state index in [-0.39, 0.29) is 18.1 Å². The zero-order valence-corrected chi connectivity index (χ0v) is 13.7. The predicted octanol–water partition coefficient (Wildman–Crippen LogP) is 2.57. The third-order valence-corrected chi connectivity index (χ3v) is 3.65. The SMILES string of the molecule is COC(=O)C(CN)(CCOC(C)(C)C)c1ccccc1C. The van der Waals surface area contributed by atoms with Crippen LogP contribution in [-0.4, -0.2) is 31.8 Å². The summed E-state index contributed by atoms with van der Waals surface area (Å²) in [7, 11) is 1.40. The number of hydrogen-bond acceptors (Lipinski definition) is 4. The number of carbonyl (C=O) groups excluding carboxylic acids is 1. The summed E-state index contributed by atoms with van der Waals surface area (Å²) in [6, 6.07) is 7.78. The highest BCUT2D eigenvalue weighted by molar-refractivity contribution is 5.84. The molecule has 4 heteroatoms. The monoisotopic (exact) mass is 293 g/mol. The minimum Gasteiger partial charge on any atom is -0.468 e. The molecule has 2 N–H and O–H groups in total. The molecule has 0 bridgehead atoms. The van der Waals surface area contributed by atoms with E-state index in [2.05, 4.69) is 0 Å². The number of aryl methyl sites for hydroxylation is 1. The second kappa shape index (κ2) is 7.05. The van der Waals surface area contributed by atoms with E-state index < -0.39 is 5.41 Å². The van der Waals surface area contributed by atoms with Crippen LogP contribution in [0, 0.1) is 6.92 Å². The summed E-state index contributed by atoms with van der Waals surface area (Å²) in [6.45, 7) is 8.59. The highest BCUT2D eigenvalue weighted by atomic mass is 16.5. The number of hydrogen-bond donors (Lipinski definition) is 1. The Balaban J connectivity index is 3.11. The molecule has 1 rings (SSSR count). The molecule has 1 aromatic rings. The smallest absolute Gasteiger partial charge is 0.317 e. The molecule has 0 fully saturated rings. The van der Waals surface area contributed by atoms with Crippen LogP contribution in [0.5, 0.6) is 0 Å². The molecule has 1 aromatic carbocycles. The van der Waals surface area contributed by atoms with Crippen LogP contribution in [0.1, 0.15) is 38.3 Å². The van der Waals surface area contributed by atoms with Crippen LogP contribution >= 0.6 is 0 Å². The van der Waals surface area contributed by atoms with Crippen LogP contribution in [0.2, 0.25) is 0 Å². The van der Waals surface area contributed by atoms with Crippen molar-refractivity contribution in [3.63, 3.8) is 0 Å². The molecule has 0 saturated carbocycles. The van der Waals surface area contributed by atoms with E-state index in [1.165, 1.54) is 7.11 Å². The zero-order valence-electron chi connectivity index (χ0n) is 13.7. The second-order valence-corrected chi connectivity index (χ2v) is 6.30. The van der Waals surface area contributed by atoms with Gasteiger partial charge >= 0.3 is 5.97 Å². The molecular weight excluding hydrogens is 266 g/mol. The van der Waals surface area contributed by atoms with Crippen molar-refractivity contribution in [1.82, 2.24) is 0 Å². The first-order valence-corrected chi connectivity index (χ1v) is 7.25. The van der Waals surface area contributed by atoms with Crippen LogP contribution in [-0.2, 0) is 19.7 Å². The van der Waals surface area contributed by atoms with Gasteiger partial charge in [0.1, 0.15) is 5.41 Å².